The van der Waals surface area contributed by atoms with Crippen molar-refractivity contribution in [2.45, 2.75) is 37.9 Å². The first-order valence-corrected chi connectivity index (χ1v) is 3.94. The fourth-order valence-electron chi connectivity index (χ4n) is 0.678. The van der Waals surface area contributed by atoms with E-state index < -0.39 is 0 Å². The fourth-order valence-corrected chi connectivity index (χ4v) is 0.966. The number of unbranched alkanes of at least 4 members (excludes halogenated alkanes) is 1. The van der Waals surface area contributed by atoms with Crippen molar-refractivity contribution in [3.8, 4) is 12.3 Å². The fraction of sp³-hybridized carbons (Fsp3) is 0.750. The summed E-state index contributed by atoms with van der Waals surface area (Å²) in [5.41, 5.74) is 0. The topological polar surface area (TPSA) is 0 Å². The summed E-state index contributed by atoms with van der Waals surface area (Å²) in [4.78, 5) is 0. The van der Waals surface area contributed by atoms with Gasteiger partial charge in [-0.3, -0.25) is 0 Å². The zero-order valence-electron chi connectivity index (χ0n) is 5.93. The van der Waals surface area contributed by atoms with Gasteiger partial charge in [0, 0.05) is 11.7 Å². The molecule has 0 spiro atoms. The number of hydrogen-bond acceptors (Lipinski definition) is 1. The van der Waals surface area contributed by atoms with Gasteiger partial charge in [-0.2, -0.15) is 12.6 Å². The largest absolute Gasteiger partial charge is 0.175 e. The summed E-state index contributed by atoms with van der Waals surface area (Å²) in [6.45, 7) is 2.18. The first-order valence-electron chi connectivity index (χ1n) is 3.42. The molecule has 0 bridgehead atoms. The second-order valence-corrected chi connectivity index (χ2v) is 2.93. The highest BCUT2D eigenvalue weighted by Crippen LogP contribution is 2.09. The van der Waals surface area contributed by atoms with Gasteiger partial charge < -0.3 is 0 Å². The summed E-state index contributed by atoms with van der Waals surface area (Å²) >= 11 is 4.30. The molecule has 0 saturated carbocycles. The Bertz CT molecular complexity index is 91.2. The Morgan fingerprint density at radius 2 is 2.33 bits per heavy atom. The van der Waals surface area contributed by atoms with Crippen LogP contribution in [0.5, 0.6) is 0 Å². The maximum atomic E-state index is 5.10. The van der Waals surface area contributed by atoms with E-state index in [-0.39, 0.29) is 0 Å². The van der Waals surface area contributed by atoms with Crippen LogP contribution in [0.4, 0.5) is 0 Å². The highest BCUT2D eigenvalue weighted by Gasteiger charge is 1.97. The normalized spacial score (nSPS) is 12.6. The Labute approximate surface area is 63.4 Å². The monoisotopic (exact) mass is 142 g/mol. The maximum Gasteiger partial charge on any atom is 0.0203 e. The predicted molar refractivity (Wildman–Crippen MR) is 45.7 cm³/mol. The van der Waals surface area contributed by atoms with Gasteiger partial charge in [0.1, 0.15) is 0 Å². The molecule has 0 N–H and O–H groups in total. The third-order valence-corrected chi connectivity index (χ3v) is 1.69. The van der Waals surface area contributed by atoms with Crippen molar-refractivity contribution in [3.63, 3.8) is 0 Å². The van der Waals surface area contributed by atoms with Crippen LogP contribution in [0.3, 0.4) is 0 Å². The lowest BCUT2D eigenvalue weighted by atomic mass is 10.1. The molecule has 0 aromatic rings. The van der Waals surface area contributed by atoms with E-state index in [9.17, 15) is 0 Å². The van der Waals surface area contributed by atoms with E-state index in [2.05, 4.69) is 25.5 Å². The molecule has 0 rings (SSSR count). The molecule has 0 amide bonds. The van der Waals surface area contributed by atoms with E-state index in [1.165, 1.54) is 12.8 Å². The Hall–Kier alpha value is -0.0900. The van der Waals surface area contributed by atoms with Gasteiger partial charge in [0.05, 0.1) is 0 Å². The van der Waals surface area contributed by atoms with Crippen LogP contribution in [-0.4, -0.2) is 5.25 Å². The first-order chi connectivity index (χ1) is 4.31. The van der Waals surface area contributed by atoms with Crippen LogP contribution in [0, 0.1) is 12.3 Å². The molecule has 0 aliphatic rings. The summed E-state index contributed by atoms with van der Waals surface area (Å²) in [7, 11) is 0. The van der Waals surface area contributed by atoms with Crippen molar-refractivity contribution in [2.75, 3.05) is 0 Å². The van der Waals surface area contributed by atoms with Crippen molar-refractivity contribution in [3.05, 3.63) is 0 Å². The zero-order chi connectivity index (χ0) is 7.11. The molecule has 0 saturated heterocycles. The molecule has 9 heavy (non-hydrogen) atoms. The van der Waals surface area contributed by atoms with Gasteiger partial charge in [0.25, 0.3) is 0 Å². The molecule has 1 unspecified atom stereocenters. The van der Waals surface area contributed by atoms with E-state index in [1.807, 2.05) is 0 Å². The van der Waals surface area contributed by atoms with Gasteiger partial charge in [-0.25, -0.2) is 0 Å². The van der Waals surface area contributed by atoms with Crippen LogP contribution in [0.15, 0.2) is 0 Å². The molecule has 0 heterocycles. The number of rotatable bonds is 4. The van der Waals surface area contributed by atoms with E-state index in [4.69, 9.17) is 6.42 Å². The molecule has 0 aromatic heterocycles. The van der Waals surface area contributed by atoms with Gasteiger partial charge in [-0.05, 0) is 6.42 Å². The molecule has 0 aliphatic heterocycles. The first kappa shape index (κ1) is 8.91. The van der Waals surface area contributed by atoms with Crippen LogP contribution in [0.25, 0.3) is 0 Å². The van der Waals surface area contributed by atoms with E-state index in [0.29, 0.717) is 5.25 Å². The highest BCUT2D eigenvalue weighted by molar-refractivity contribution is 7.80. The molecule has 1 atom stereocenters. The van der Waals surface area contributed by atoms with Crippen LogP contribution in [-0.2, 0) is 0 Å². The molecular weight excluding hydrogens is 128 g/mol. The van der Waals surface area contributed by atoms with E-state index >= 15 is 0 Å². The summed E-state index contributed by atoms with van der Waals surface area (Å²) in [6, 6.07) is 0. The van der Waals surface area contributed by atoms with Crippen LogP contribution < -0.4 is 0 Å². The Morgan fingerprint density at radius 1 is 1.67 bits per heavy atom. The maximum absolute atomic E-state index is 5.10. The zero-order valence-corrected chi connectivity index (χ0v) is 6.82. The molecule has 52 valence electrons. The van der Waals surface area contributed by atoms with Crippen molar-refractivity contribution in [1.29, 1.82) is 0 Å². The van der Waals surface area contributed by atoms with Gasteiger partial charge in [0.2, 0.25) is 0 Å². The Morgan fingerprint density at radius 3 is 2.78 bits per heavy atom. The molecule has 0 aliphatic carbocycles. The second kappa shape index (κ2) is 6.04. The van der Waals surface area contributed by atoms with Gasteiger partial charge >= 0.3 is 0 Å². The van der Waals surface area contributed by atoms with Crippen LogP contribution in [0.2, 0.25) is 0 Å². The van der Waals surface area contributed by atoms with E-state index in [0.717, 1.165) is 12.8 Å². The summed E-state index contributed by atoms with van der Waals surface area (Å²) < 4.78 is 0. The quantitative estimate of drug-likeness (QED) is 0.452. The van der Waals surface area contributed by atoms with Crippen LogP contribution in [0.1, 0.15) is 32.6 Å². The lowest BCUT2D eigenvalue weighted by molar-refractivity contribution is 0.695. The average molecular weight is 142 g/mol. The highest BCUT2D eigenvalue weighted by atomic mass is 32.1. The van der Waals surface area contributed by atoms with Crippen LogP contribution >= 0.6 is 12.6 Å². The van der Waals surface area contributed by atoms with Gasteiger partial charge in [0.15, 0.2) is 0 Å². The lowest BCUT2D eigenvalue weighted by Gasteiger charge is -2.03. The predicted octanol–water partition coefficient (Wildman–Crippen LogP) is 2.50. The summed E-state index contributed by atoms with van der Waals surface area (Å²) in [5.74, 6) is 2.60. The molecular formula is C8H14S. The van der Waals surface area contributed by atoms with Crippen molar-refractivity contribution in [2.24, 2.45) is 0 Å². The van der Waals surface area contributed by atoms with Crippen molar-refractivity contribution in [1.82, 2.24) is 0 Å². The smallest absolute Gasteiger partial charge is 0.0203 e. The van der Waals surface area contributed by atoms with Crippen molar-refractivity contribution >= 4 is 12.6 Å². The number of terminal acetylenes is 1. The minimum atomic E-state index is 0.426. The third-order valence-electron chi connectivity index (χ3n) is 1.24. The van der Waals surface area contributed by atoms with Crippen molar-refractivity contribution < 1.29 is 0 Å². The molecule has 0 radical (unpaired) electrons. The SMILES string of the molecule is C#CCC(S)CCCC. The van der Waals surface area contributed by atoms with E-state index in [1.54, 1.807) is 0 Å². The third kappa shape index (κ3) is 5.79. The number of hydrogen-bond donors (Lipinski definition) is 1. The van der Waals surface area contributed by atoms with Gasteiger partial charge in [-0.1, -0.05) is 19.8 Å². The Balaban J connectivity index is 3.08. The molecule has 0 nitrogen and oxygen atoms in total. The minimum absolute atomic E-state index is 0.426. The van der Waals surface area contributed by atoms with Gasteiger partial charge in [-0.15, -0.1) is 12.3 Å². The number of thiol groups is 1. The lowest BCUT2D eigenvalue weighted by Crippen LogP contribution is -1.95. The molecule has 0 aromatic carbocycles. The second-order valence-electron chi connectivity index (χ2n) is 2.20. The Kier molecular flexibility index (Phi) is 5.98. The minimum Gasteiger partial charge on any atom is -0.175 e. The summed E-state index contributed by atoms with van der Waals surface area (Å²) in [6.07, 6.45) is 9.55. The molecule has 1 heteroatoms. The summed E-state index contributed by atoms with van der Waals surface area (Å²) in [5, 5.41) is 0.426. The average Bonchev–Trinajstić information content (AvgIpc) is 1.85. The molecule has 0 fully saturated rings. The standard InChI is InChI=1S/C8H14S/c1-3-5-7-8(9)6-4-2/h2,8-9H,3,5-7H2,1H3.